The summed E-state index contributed by atoms with van der Waals surface area (Å²) in [7, 11) is 0. The number of rotatable bonds is 8. The van der Waals surface area contributed by atoms with Gasteiger partial charge in [0, 0.05) is 25.3 Å². The van der Waals surface area contributed by atoms with Crippen LogP contribution in [0.2, 0.25) is 0 Å². The monoisotopic (exact) mass is 344 g/mol. The van der Waals surface area contributed by atoms with Crippen LogP contribution in [0.1, 0.15) is 26.3 Å². The van der Waals surface area contributed by atoms with Crippen molar-refractivity contribution in [3.63, 3.8) is 0 Å². The van der Waals surface area contributed by atoms with Crippen LogP contribution in [0.15, 0.2) is 48.5 Å². The lowest BCUT2D eigenvalue weighted by Gasteiger charge is -2.21. The second kappa shape index (κ2) is 9.06. The number of carbonyl (C=O) groups is 1. The minimum Gasteiger partial charge on any atom is -0.481 e. The van der Waals surface area contributed by atoms with Crippen LogP contribution >= 0.6 is 0 Å². The first-order valence-corrected chi connectivity index (χ1v) is 8.57. The number of anilines is 1. The second-order valence-electron chi connectivity index (χ2n) is 5.77. The van der Waals surface area contributed by atoms with E-state index in [0.717, 1.165) is 18.7 Å². The lowest BCUT2D eigenvalue weighted by molar-refractivity contribution is -0.127. The molecule has 1 N–H and O–H groups in total. The SMILES string of the molecule is CCN(CC)c1ccc(CNC(=O)[C@H](C)Oc2ccc(F)cc2)cc1. The Labute approximate surface area is 148 Å². The second-order valence-corrected chi connectivity index (χ2v) is 5.77. The maximum atomic E-state index is 12.9. The molecule has 0 unspecified atom stereocenters. The van der Waals surface area contributed by atoms with Crippen LogP contribution in [-0.4, -0.2) is 25.1 Å². The summed E-state index contributed by atoms with van der Waals surface area (Å²) in [5, 5.41) is 2.86. The van der Waals surface area contributed by atoms with Gasteiger partial charge in [-0.15, -0.1) is 0 Å². The molecule has 2 aromatic rings. The first-order valence-electron chi connectivity index (χ1n) is 8.57. The third-order valence-electron chi connectivity index (χ3n) is 4.03. The summed E-state index contributed by atoms with van der Waals surface area (Å²) < 4.78 is 18.4. The van der Waals surface area contributed by atoms with E-state index in [9.17, 15) is 9.18 Å². The van der Waals surface area contributed by atoms with Gasteiger partial charge in [-0.05, 0) is 62.7 Å². The number of halogens is 1. The van der Waals surface area contributed by atoms with Gasteiger partial charge in [-0.2, -0.15) is 0 Å². The molecule has 0 aliphatic heterocycles. The fourth-order valence-electron chi connectivity index (χ4n) is 2.52. The van der Waals surface area contributed by atoms with Gasteiger partial charge >= 0.3 is 0 Å². The minimum absolute atomic E-state index is 0.211. The normalized spacial score (nSPS) is 11.7. The highest BCUT2D eigenvalue weighted by molar-refractivity contribution is 5.80. The molecule has 0 aromatic heterocycles. The van der Waals surface area contributed by atoms with E-state index in [2.05, 4.69) is 36.2 Å². The lowest BCUT2D eigenvalue weighted by atomic mass is 10.2. The van der Waals surface area contributed by atoms with E-state index in [4.69, 9.17) is 4.74 Å². The van der Waals surface area contributed by atoms with Crippen molar-refractivity contribution in [1.29, 1.82) is 0 Å². The molecule has 5 heteroatoms. The molecular formula is C20H25FN2O2. The van der Waals surface area contributed by atoms with Crippen molar-refractivity contribution < 1.29 is 13.9 Å². The number of hydrogen-bond donors (Lipinski definition) is 1. The van der Waals surface area contributed by atoms with Gasteiger partial charge in [0.2, 0.25) is 0 Å². The number of carbonyl (C=O) groups excluding carboxylic acids is 1. The van der Waals surface area contributed by atoms with Crippen LogP contribution in [0.25, 0.3) is 0 Å². The maximum absolute atomic E-state index is 12.9. The number of nitrogens with zero attached hydrogens (tertiary/aromatic N) is 1. The highest BCUT2D eigenvalue weighted by Gasteiger charge is 2.14. The van der Waals surface area contributed by atoms with Crippen LogP contribution in [0.4, 0.5) is 10.1 Å². The number of amides is 1. The predicted octanol–water partition coefficient (Wildman–Crippen LogP) is 3.76. The molecule has 4 nitrogen and oxygen atoms in total. The molecule has 0 radical (unpaired) electrons. The van der Waals surface area contributed by atoms with E-state index in [1.165, 1.54) is 30.0 Å². The Hall–Kier alpha value is -2.56. The molecule has 0 bridgehead atoms. The van der Waals surface area contributed by atoms with Crippen molar-refractivity contribution in [2.45, 2.75) is 33.4 Å². The van der Waals surface area contributed by atoms with Gasteiger partial charge in [-0.1, -0.05) is 12.1 Å². The molecule has 134 valence electrons. The van der Waals surface area contributed by atoms with Gasteiger partial charge in [0.05, 0.1) is 0 Å². The third kappa shape index (κ3) is 5.48. The van der Waals surface area contributed by atoms with Crippen LogP contribution < -0.4 is 15.0 Å². The summed E-state index contributed by atoms with van der Waals surface area (Å²) in [5.41, 5.74) is 2.20. The van der Waals surface area contributed by atoms with Gasteiger partial charge in [-0.25, -0.2) is 4.39 Å². The molecule has 0 aliphatic carbocycles. The average Bonchev–Trinajstić information content (AvgIpc) is 2.63. The van der Waals surface area contributed by atoms with Crippen LogP contribution in [0.5, 0.6) is 5.75 Å². The zero-order valence-corrected chi connectivity index (χ0v) is 15.0. The first-order chi connectivity index (χ1) is 12.0. The third-order valence-corrected chi connectivity index (χ3v) is 4.03. The Balaban J connectivity index is 1.85. The Kier molecular flexibility index (Phi) is 6.81. The van der Waals surface area contributed by atoms with Crippen molar-refractivity contribution in [3.8, 4) is 5.75 Å². The van der Waals surface area contributed by atoms with Gasteiger partial charge < -0.3 is 15.0 Å². The summed E-state index contributed by atoms with van der Waals surface area (Å²) in [5.74, 6) is -0.0811. The van der Waals surface area contributed by atoms with Crippen molar-refractivity contribution in [3.05, 3.63) is 59.9 Å². The van der Waals surface area contributed by atoms with Crippen molar-refractivity contribution >= 4 is 11.6 Å². The number of hydrogen-bond acceptors (Lipinski definition) is 3. The van der Waals surface area contributed by atoms with E-state index in [-0.39, 0.29) is 11.7 Å². The topological polar surface area (TPSA) is 41.6 Å². The summed E-state index contributed by atoms with van der Waals surface area (Å²) in [6.07, 6.45) is -0.652. The summed E-state index contributed by atoms with van der Waals surface area (Å²) in [6.45, 7) is 8.28. The highest BCUT2D eigenvalue weighted by Crippen LogP contribution is 2.15. The zero-order chi connectivity index (χ0) is 18.2. The molecule has 0 saturated heterocycles. The molecule has 0 spiro atoms. The van der Waals surface area contributed by atoms with Gasteiger partial charge in [0.25, 0.3) is 5.91 Å². The zero-order valence-electron chi connectivity index (χ0n) is 15.0. The Bertz CT molecular complexity index is 667. The summed E-state index contributed by atoms with van der Waals surface area (Å²) >= 11 is 0. The molecule has 1 amide bonds. The lowest BCUT2D eigenvalue weighted by Crippen LogP contribution is -2.35. The maximum Gasteiger partial charge on any atom is 0.261 e. The van der Waals surface area contributed by atoms with E-state index >= 15 is 0 Å². The van der Waals surface area contributed by atoms with Crippen LogP contribution in [0, 0.1) is 5.82 Å². The predicted molar refractivity (Wildman–Crippen MR) is 98.3 cm³/mol. The smallest absolute Gasteiger partial charge is 0.261 e. The van der Waals surface area contributed by atoms with Crippen LogP contribution in [0.3, 0.4) is 0 Å². The summed E-state index contributed by atoms with van der Waals surface area (Å²) in [6, 6.07) is 13.8. The molecular weight excluding hydrogens is 319 g/mol. The van der Waals surface area contributed by atoms with Gasteiger partial charge in [-0.3, -0.25) is 4.79 Å². The molecule has 25 heavy (non-hydrogen) atoms. The molecule has 2 rings (SSSR count). The highest BCUT2D eigenvalue weighted by atomic mass is 19.1. The van der Waals surface area contributed by atoms with E-state index < -0.39 is 6.10 Å². The quantitative estimate of drug-likeness (QED) is 0.793. The first kappa shape index (κ1) is 18.8. The Morgan fingerprint density at radius 1 is 1.08 bits per heavy atom. The van der Waals surface area contributed by atoms with Crippen molar-refractivity contribution in [1.82, 2.24) is 5.32 Å². The van der Waals surface area contributed by atoms with Crippen LogP contribution in [-0.2, 0) is 11.3 Å². The van der Waals surface area contributed by atoms with E-state index in [0.29, 0.717) is 12.3 Å². The molecule has 0 aliphatic rings. The fourth-order valence-corrected chi connectivity index (χ4v) is 2.52. The van der Waals surface area contributed by atoms with Gasteiger partial charge in [0.1, 0.15) is 11.6 Å². The Morgan fingerprint density at radius 2 is 1.68 bits per heavy atom. The standard InChI is InChI=1S/C20H25FN2O2/c1-4-23(5-2)18-10-6-16(7-11-18)14-22-20(24)15(3)25-19-12-8-17(21)9-13-19/h6-13,15H,4-5,14H2,1-3H3,(H,22,24)/t15-/m0/s1. The largest absolute Gasteiger partial charge is 0.481 e. The molecule has 1 atom stereocenters. The molecule has 0 heterocycles. The molecule has 2 aromatic carbocycles. The Morgan fingerprint density at radius 3 is 2.24 bits per heavy atom. The van der Waals surface area contributed by atoms with Crippen molar-refractivity contribution in [2.24, 2.45) is 0 Å². The average molecular weight is 344 g/mol. The number of benzene rings is 2. The molecule has 0 fully saturated rings. The molecule has 0 saturated carbocycles. The van der Waals surface area contributed by atoms with Gasteiger partial charge in [0.15, 0.2) is 6.10 Å². The van der Waals surface area contributed by atoms with Crippen molar-refractivity contribution in [2.75, 3.05) is 18.0 Å². The summed E-state index contributed by atoms with van der Waals surface area (Å²) in [4.78, 5) is 14.4. The van der Waals surface area contributed by atoms with E-state index in [1.54, 1.807) is 6.92 Å². The number of nitrogens with one attached hydrogen (secondary N) is 1. The number of ether oxygens (including phenoxy) is 1. The fraction of sp³-hybridized carbons (Fsp3) is 0.350. The minimum atomic E-state index is -0.652. The van der Waals surface area contributed by atoms with E-state index in [1.807, 2.05) is 12.1 Å².